The summed E-state index contributed by atoms with van der Waals surface area (Å²) >= 11 is 3.51. The molecule has 0 fully saturated rings. The second kappa shape index (κ2) is 23.0. The molecule has 6 rings (SSSR count). The van der Waals surface area contributed by atoms with Crippen molar-refractivity contribution in [3.8, 4) is 0 Å². The van der Waals surface area contributed by atoms with Gasteiger partial charge >= 0.3 is 0 Å². The van der Waals surface area contributed by atoms with Crippen molar-refractivity contribution in [2.45, 2.75) is 9.79 Å². The largest absolute Gasteiger partial charge is 0.130 e. The molecule has 0 aromatic heterocycles. The highest BCUT2D eigenvalue weighted by Crippen LogP contribution is 2.24. The number of thioether (sulfide) groups is 2. The third kappa shape index (κ3) is 13.1. The molecular weight excluding hydrogens is 737 g/mol. The lowest BCUT2D eigenvalue weighted by Gasteiger charge is -2.04. The Bertz CT molecular complexity index is 2260. The molecule has 0 nitrogen and oxygen atoms in total. The van der Waals surface area contributed by atoms with Crippen LogP contribution in [0, 0.1) is 0 Å². The van der Waals surface area contributed by atoms with Crippen LogP contribution in [0.3, 0.4) is 0 Å². The molecule has 0 radical (unpaired) electrons. The number of allylic oxidation sites excluding steroid dienone is 16. The van der Waals surface area contributed by atoms with Gasteiger partial charge in [0.15, 0.2) is 0 Å². The van der Waals surface area contributed by atoms with Crippen LogP contribution in [0.4, 0.5) is 0 Å². The zero-order valence-corrected chi connectivity index (χ0v) is 34.7. The smallest absolute Gasteiger partial charge is 0.00695 e. The third-order valence-corrected chi connectivity index (χ3v) is 10.8. The fraction of sp³-hybridized carbons (Fsp3) is 0.0357. The van der Waals surface area contributed by atoms with E-state index in [1.165, 1.54) is 32.0 Å². The van der Waals surface area contributed by atoms with E-state index in [1.807, 2.05) is 0 Å². The molecule has 2 heteroatoms. The maximum absolute atomic E-state index is 2.20. The Morgan fingerprint density at radius 2 is 0.586 bits per heavy atom. The molecule has 0 aliphatic rings. The van der Waals surface area contributed by atoms with Gasteiger partial charge in [-0.05, 0) is 92.5 Å². The zero-order chi connectivity index (χ0) is 40.0. The summed E-state index contributed by atoms with van der Waals surface area (Å²) < 4.78 is 0. The Balaban J connectivity index is 1.28. The van der Waals surface area contributed by atoms with E-state index in [2.05, 4.69) is 267 Å². The first kappa shape index (κ1) is 41.3. The van der Waals surface area contributed by atoms with Gasteiger partial charge in [-0.15, -0.1) is 23.5 Å². The summed E-state index contributed by atoms with van der Waals surface area (Å²) in [5.41, 5.74) is 11.5. The van der Waals surface area contributed by atoms with Crippen molar-refractivity contribution in [1.29, 1.82) is 0 Å². The minimum absolute atomic E-state index is 1.12. The first-order valence-electron chi connectivity index (χ1n) is 19.4. The van der Waals surface area contributed by atoms with E-state index in [-0.39, 0.29) is 0 Å². The fourth-order valence-electron chi connectivity index (χ4n) is 6.15. The van der Waals surface area contributed by atoms with E-state index in [0.717, 1.165) is 33.4 Å². The van der Waals surface area contributed by atoms with Crippen LogP contribution in [0.1, 0.15) is 33.4 Å². The molecule has 0 spiro atoms. The second-order valence-corrected chi connectivity index (χ2v) is 15.0. The van der Waals surface area contributed by atoms with Crippen molar-refractivity contribution in [3.05, 3.63) is 276 Å². The van der Waals surface area contributed by atoms with Gasteiger partial charge in [-0.3, -0.25) is 0 Å². The number of rotatable bonds is 16. The monoisotopic (exact) mass is 784 g/mol. The Labute approximate surface area is 354 Å². The number of hydrogen-bond acceptors (Lipinski definition) is 2. The van der Waals surface area contributed by atoms with Crippen LogP contribution in [-0.4, -0.2) is 12.5 Å². The third-order valence-electron chi connectivity index (χ3n) is 9.34. The molecule has 284 valence electrons. The van der Waals surface area contributed by atoms with Gasteiger partial charge in [0.25, 0.3) is 0 Å². The molecule has 0 N–H and O–H groups in total. The lowest BCUT2D eigenvalue weighted by molar-refractivity contribution is 1.45. The van der Waals surface area contributed by atoms with Crippen molar-refractivity contribution in [2.24, 2.45) is 0 Å². The Morgan fingerprint density at radius 1 is 0.310 bits per heavy atom. The van der Waals surface area contributed by atoms with E-state index in [4.69, 9.17) is 0 Å². The molecule has 0 saturated carbocycles. The van der Waals surface area contributed by atoms with Crippen molar-refractivity contribution in [2.75, 3.05) is 12.5 Å². The summed E-state index contributed by atoms with van der Waals surface area (Å²) in [6, 6.07) is 59.5. The number of hydrogen-bond donors (Lipinski definition) is 0. The molecule has 6 aromatic carbocycles. The van der Waals surface area contributed by atoms with Crippen LogP contribution in [0.15, 0.2) is 253 Å². The van der Waals surface area contributed by atoms with Crippen LogP contribution in [0.5, 0.6) is 0 Å². The molecule has 0 atom stereocenters. The van der Waals surface area contributed by atoms with Crippen LogP contribution >= 0.6 is 23.5 Å². The minimum atomic E-state index is 1.12. The van der Waals surface area contributed by atoms with Crippen molar-refractivity contribution in [1.82, 2.24) is 0 Å². The molecule has 0 aliphatic carbocycles. The standard InChI is InChI=1S/C56H48S2/c1-57-55-41-35-45(36-42-55)33-39-53(49-23-11-5-12-24-49)31-17-29-51(47-19-7-3-8-20-47)27-15-16-28-52(48-21-9-4-10-22-48)30-18-32-54(50-25-13-6-14-26-50)40-34-46-37-43-56(58-2)44-38-46/h3-44H,1-2H3/b16-15+,29-17+,30-18+,39-33+,40-34+,51-27-,52-28-,53-31-,54-32-. The average molecular weight is 785 g/mol. The van der Waals surface area contributed by atoms with Crippen molar-refractivity contribution < 1.29 is 0 Å². The highest BCUT2D eigenvalue weighted by Gasteiger charge is 2.01. The second-order valence-electron chi connectivity index (χ2n) is 13.3. The van der Waals surface area contributed by atoms with Crippen LogP contribution in [0.2, 0.25) is 0 Å². The molecule has 6 aromatic rings. The zero-order valence-electron chi connectivity index (χ0n) is 33.1. The topological polar surface area (TPSA) is 0 Å². The molecule has 0 amide bonds. The van der Waals surface area contributed by atoms with Crippen molar-refractivity contribution >= 4 is 58.0 Å². The van der Waals surface area contributed by atoms with Gasteiger partial charge in [0.1, 0.15) is 0 Å². The summed E-state index contributed by atoms with van der Waals surface area (Å²) in [5, 5.41) is 0. The minimum Gasteiger partial charge on any atom is -0.130 e. The predicted molar refractivity (Wildman–Crippen MR) is 260 cm³/mol. The SMILES string of the molecule is CSc1ccc(/C=C/C(=C/C=C/C(=C/C=C/C=C(/C=C/C=C(/C=C/c2ccc(SC)cc2)c2ccccc2)c2ccccc2)c2ccccc2)c2ccccc2)cc1. The van der Waals surface area contributed by atoms with Crippen LogP contribution in [0.25, 0.3) is 34.4 Å². The van der Waals surface area contributed by atoms with Gasteiger partial charge < -0.3 is 0 Å². The molecule has 0 heterocycles. The predicted octanol–water partition coefficient (Wildman–Crippen LogP) is 15.9. The Kier molecular flexibility index (Phi) is 16.4. The Hall–Kier alpha value is -6.32. The highest BCUT2D eigenvalue weighted by atomic mass is 32.2. The molecule has 0 aliphatic heterocycles. The maximum atomic E-state index is 2.20. The normalized spacial score (nSPS) is 13.2. The van der Waals surface area contributed by atoms with E-state index < -0.39 is 0 Å². The summed E-state index contributed by atoms with van der Waals surface area (Å²) in [7, 11) is 0. The number of benzene rings is 6. The van der Waals surface area contributed by atoms with E-state index in [1.54, 1.807) is 23.5 Å². The highest BCUT2D eigenvalue weighted by molar-refractivity contribution is 7.98. The van der Waals surface area contributed by atoms with Gasteiger partial charge in [0.2, 0.25) is 0 Å². The first-order chi connectivity index (χ1) is 28.7. The van der Waals surface area contributed by atoms with Crippen LogP contribution in [-0.2, 0) is 0 Å². The average Bonchev–Trinajstić information content (AvgIpc) is 3.30. The molecule has 0 unspecified atom stereocenters. The summed E-state index contributed by atoms with van der Waals surface area (Å²) in [4.78, 5) is 2.53. The van der Waals surface area contributed by atoms with Crippen molar-refractivity contribution in [3.63, 3.8) is 0 Å². The van der Waals surface area contributed by atoms with Gasteiger partial charge in [-0.1, -0.05) is 231 Å². The molecule has 58 heavy (non-hydrogen) atoms. The fourth-order valence-corrected chi connectivity index (χ4v) is 6.96. The van der Waals surface area contributed by atoms with Gasteiger partial charge in [-0.25, -0.2) is 0 Å². The Morgan fingerprint density at radius 3 is 0.879 bits per heavy atom. The lowest BCUT2D eigenvalue weighted by atomic mass is 10.0. The molecule has 0 saturated heterocycles. The quantitative estimate of drug-likeness (QED) is 0.0708. The molecular formula is C56H48S2. The van der Waals surface area contributed by atoms with Gasteiger partial charge in [0.05, 0.1) is 0 Å². The maximum Gasteiger partial charge on any atom is 0.00695 e. The lowest BCUT2D eigenvalue weighted by Crippen LogP contribution is -1.82. The molecule has 0 bridgehead atoms. The first-order valence-corrected chi connectivity index (χ1v) is 21.8. The van der Waals surface area contributed by atoms with Gasteiger partial charge in [-0.2, -0.15) is 0 Å². The van der Waals surface area contributed by atoms with Gasteiger partial charge in [0, 0.05) is 9.79 Å². The van der Waals surface area contributed by atoms with Crippen LogP contribution < -0.4 is 0 Å². The van der Waals surface area contributed by atoms with E-state index in [0.29, 0.717) is 0 Å². The van der Waals surface area contributed by atoms with E-state index >= 15 is 0 Å². The summed E-state index contributed by atoms with van der Waals surface area (Å²) in [6.07, 6.45) is 34.6. The summed E-state index contributed by atoms with van der Waals surface area (Å²) in [5.74, 6) is 0. The van der Waals surface area contributed by atoms with E-state index in [9.17, 15) is 0 Å². The summed E-state index contributed by atoms with van der Waals surface area (Å²) in [6.45, 7) is 0.